The minimum atomic E-state index is -0.645. The number of amides is 3. The van der Waals surface area contributed by atoms with Crippen molar-refractivity contribution in [1.29, 1.82) is 0 Å². The molecule has 0 spiro atoms. The number of nitrogens with zero attached hydrogens (tertiary/aromatic N) is 1. The van der Waals surface area contributed by atoms with Crippen molar-refractivity contribution in [2.75, 3.05) is 11.9 Å². The summed E-state index contributed by atoms with van der Waals surface area (Å²) >= 11 is 0. The highest BCUT2D eigenvalue weighted by molar-refractivity contribution is 6.09. The van der Waals surface area contributed by atoms with Crippen molar-refractivity contribution in [2.45, 2.75) is 58.4 Å². The molecule has 3 amide bonds. The highest BCUT2D eigenvalue weighted by Gasteiger charge is 2.39. The van der Waals surface area contributed by atoms with Crippen LogP contribution in [0.15, 0.2) is 29.3 Å². The molecule has 1 aliphatic heterocycles. The van der Waals surface area contributed by atoms with E-state index in [1.165, 1.54) is 26.2 Å². The monoisotopic (exact) mass is 399 g/mol. The number of hydrogen-bond acceptors (Lipinski definition) is 4. The number of hydrogen-bond donors (Lipinski definition) is 2. The smallest absolute Gasteiger partial charge is 0.341 e. The summed E-state index contributed by atoms with van der Waals surface area (Å²) in [5, 5.41) is 5.52. The molecule has 1 heterocycles. The van der Waals surface area contributed by atoms with Crippen LogP contribution < -0.4 is 10.6 Å². The number of urea groups is 1. The maximum Gasteiger partial charge on any atom is 0.341 e. The molecule has 1 aromatic rings. The van der Waals surface area contributed by atoms with Gasteiger partial charge in [0.25, 0.3) is 0 Å². The predicted octanol–water partition coefficient (Wildman–Crippen LogP) is 4.00. The Morgan fingerprint density at radius 1 is 1.17 bits per heavy atom. The second-order valence-corrected chi connectivity index (χ2v) is 7.80. The zero-order chi connectivity index (χ0) is 20.8. The van der Waals surface area contributed by atoms with Crippen molar-refractivity contribution in [3.63, 3.8) is 0 Å². The van der Waals surface area contributed by atoms with E-state index in [9.17, 15) is 14.4 Å². The van der Waals surface area contributed by atoms with Gasteiger partial charge in [-0.1, -0.05) is 38.3 Å². The second-order valence-electron chi connectivity index (χ2n) is 7.80. The third-order valence-corrected chi connectivity index (χ3v) is 5.61. The van der Waals surface area contributed by atoms with E-state index in [0.717, 1.165) is 18.4 Å². The SMILES string of the molecule is CCC1=NC(=O)NC(c2ccc(NC(C)=O)cc2)C1C(=O)OCC1CCCCC1. The number of rotatable bonds is 6. The zero-order valence-electron chi connectivity index (χ0n) is 17.1. The van der Waals surface area contributed by atoms with Crippen molar-refractivity contribution in [2.24, 2.45) is 16.8 Å². The molecule has 1 fully saturated rings. The molecule has 2 aliphatic rings. The average molecular weight is 399 g/mol. The minimum Gasteiger partial charge on any atom is -0.465 e. The van der Waals surface area contributed by atoms with Crippen molar-refractivity contribution < 1.29 is 19.1 Å². The van der Waals surface area contributed by atoms with Crippen LogP contribution in [-0.2, 0) is 14.3 Å². The van der Waals surface area contributed by atoms with E-state index in [2.05, 4.69) is 15.6 Å². The molecule has 156 valence electrons. The molecule has 2 N–H and O–H groups in total. The standard InChI is InChI=1S/C22H29N3O4/c1-3-18-19(21(27)29-13-15-7-5-4-6-8-15)20(25-22(28)24-18)16-9-11-17(12-10-16)23-14(2)26/h9-12,15,19-20H,3-8,13H2,1-2H3,(H,23,26)(H,25,28). The molecule has 2 atom stereocenters. The Kier molecular flexibility index (Phi) is 7.01. The number of carbonyl (C=O) groups excluding carboxylic acids is 3. The minimum absolute atomic E-state index is 0.159. The number of aliphatic imine (C=N–C) groups is 1. The molecule has 7 heteroatoms. The summed E-state index contributed by atoms with van der Waals surface area (Å²) in [5.41, 5.74) is 1.97. The summed E-state index contributed by atoms with van der Waals surface area (Å²) in [4.78, 5) is 40.4. The van der Waals surface area contributed by atoms with Crippen molar-refractivity contribution in [3.8, 4) is 0 Å². The van der Waals surface area contributed by atoms with Gasteiger partial charge in [-0.15, -0.1) is 0 Å². The maximum atomic E-state index is 13.0. The molecule has 1 aromatic carbocycles. The van der Waals surface area contributed by atoms with Crippen LogP contribution in [-0.4, -0.2) is 30.2 Å². The fraction of sp³-hybridized carbons (Fsp3) is 0.545. The van der Waals surface area contributed by atoms with Crippen LogP contribution in [0.5, 0.6) is 0 Å². The number of carbonyl (C=O) groups is 3. The Morgan fingerprint density at radius 2 is 1.86 bits per heavy atom. The molecule has 0 bridgehead atoms. The van der Waals surface area contributed by atoms with Crippen LogP contribution in [0.3, 0.4) is 0 Å². The van der Waals surface area contributed by atoms with Gasteiger partial charge in [0.2, 0.25) is 5.91 Å². The first-order valence-electron chi connectivity index (χ1n) is 10.4. The van der Waals surface area contributed by atoms with Crippen LogP contribution in [0.2, 0.25) is 0 Å². The van der Waals surface area contributed by atoms with Crippen molar-refractivity contribution in [1.82, 2.24) is 5.32 Å². The molecule has 29 heavy (non-hydrogen) atoms. The van der Waals surface area contributed by atoms with E-state index in [1.807, 2.05) is 6.92 Å². The fourth-order valence-electron chi connectivity index (χ4n) is 4.11. The van der Waals surface area contributed by atoms with Crippen LogP contribution in [0.4, 0.5) is 10.5 Å². The average Bonchev–Trinajstić information content (AvgIpc) is 2.72. The molecule has 2 unspecified atom stereocenters. The lowest BCUT2D eigenvalue weighted by Gasteiger charge is -2.31. The Bertz CT molecular complexity index is 782. The Morgan fingerprint density at radius 3 is 2.48 bits per heavy atom. The Balaban J connectivity index is 1.77. The first-order chi connectivity index (χ1) is 14.0. The van der Waals surface area contributed by atoms with E-state index >= 15 is 0 Å². The van der Waals surface area contributed by atoms with Gasteiger partial charge in [0.15, 0.2) is 0 Å². The van der Waals surface area contributed by atoms with Crippen LogP contribution >= 0.6 is 0 Å². The van der Waals surface area contributed by atoms with Gasteiger partial charge in [-0.2, -0.15) is 0 Å². The summed E-state index contributed by atoms with van der Waals surface area (Å²) in [6.07, 6.45) is 6.31. The van der Waals surface area contributed by atoms with Crippen LogP contribution in [0.1, 0.15) is 64.0 Å². The van der Waals surface area contributed by atoms with Gasteiger partial charge >= 0.3 is 12.0 Å². The molecule has 0 radical (unpaired) electrons. The molecular formula is C22H29N3O4. The molecule has 3 rings (SSSR count). The van der Waals surface area contributed by atoms with Crippen molar-refractivity contribution in [3.05, 3.63) is 29.8 Å². The van der Waals surface area contributed by atoms with Crippen LogP contribution in [0.25, 0.3) is 0 Å². The molecular weight excluding hydrogens is 370 g/mol. The number of anilines is 1. The maximum absolute atomic E-state index is 13.0. The zero-order valence-corrected chi connectivity index (χ0v) is 17.1. The molecule has 1 aliphatic carbocycles. The lowest BCUT2D eigenvalue weighted by molar-refractivity contribution is -0.148. The van der Waals surface area contributed by atoms with E-state index < -0.39 is 18.0 Å². The normalized spacial score (nSPS) is 22.4. The molecule has 1 saturated carbocycles. The highest BCUT2D eigenvalue weighted by Crippen LogP contribution is 2.31. The Hall–Kier alpha value is -2.70. The summed E-state index contributed by atoms with van der Waals surface area (Å²) < 4.78 is 5.69. The fourth-order valence-corrected chi connectivity index (χ4v) is 4.11. The summed E-state index contributed by atoms with van der Waals surface area (Å²) in [6.45, 7) is 3.75. The van der Waals surface area contributed by atoms with Gasteiger partial charge in [-0.25, -0.2) is 9.79 Å². The van der Waals surface area contributed by atoms with E-state index in [-0.39, 0.29) is 11.9 Å². The van der Waals surface area contributed by atoms with Gasteiger partial charge in [-0.05, 0) is 42.9 Å². The van der Waals surface area contributed by atoms with Gasteiger partial charge in [-0.3, -0.25) is 9.59 Å². The number of nitrogens with one attached hydrogen (secondary N) is 2. The predicted molar refractivity (Wildman–Crippen MR) is 111 cm³/mol. The topological polar surface area (TPSA) is 96.9 Å². The van der Waals surface area contributed by atoms with Gasteiger partial charge < -0.3 is 15.4 Å². The van der Waals surface area contributed by atoms with Crippen molar-refractivity contribution >= 4 is 29.3 Å². The third-order valence-electron chi connectivity index (χ3n) is 5.61. The quantitative estimate of drug-likeness (QED) is 0.707. The summed E-state index contributed by atoms with van der Waals surface area (Å²) in [7, 11) is 0. The number of esters is 1. The highest BCUT2D eigenvalue weighted by atomic mass is 16.5. The van der Waals surface area contributed by atoms with E-state index in [0.29, 0.717) is 30.3 Å². The van der Waals surface area contributed by atoms with Gasteiger partial charge in [0, 0.05) is 18.3 Å². The van der Waals surface area contributed by atoms with Gasteiger partial charge in [0.05, 0.1) is 12.6 Å². The third kappa shape index (κ3) is 5.43. The summed E-state index contributed by atoms with van der Waals surface area (Å²) in [5.74, 6) is -0.725. The number of benzene rings is 1. The lowest BCUT2D eigenvalue weighted by Crippen LogP contribution is -2.45. The molecule has 7 nitrogen and oxygen atoms in total. The van der Waals surface area contributed by atoms with Crippen LogP contribution in [0, 0.1) is 11.8 Å². The Labute approximate surface area is 171 Å². The van der Waals surface area contributed by atoms with E-state index in [1.54, 1.807) is 24.3 Å². The first kappa shape index (κ1) is 21.0. The van der Waals surface area contributed by atoms with E-state index in [4.69, 9.17) is 4.74 Å². The largest absolute Gasteiger partial charge is 0.465 e. The molecule has 0 saturated heterocycles. The molecule has 0 aromatic heterocycles. The number of ether oxygens (including phenoxy) is 1. The van der Waals surface area contributed by atoms with Gasteiger partial charge in [0.1, 0.15) is 5.92 Å². The summed E-state index contributed by atoms with van der Waals surface area (Å²) in [6, 6.07) is 6.12. The second kappa shape index (κ2) is 9.67. The first-order valence-corrected chi connectivity index (χ1v) is 10.4. The lowest BCUT2D eigenvalue weighted by atomic mass is 9.86.